The maximum Gasteiger partial charge on any atom is 0.229 e. The van der Waals surface area contributed by atoms with Crippen LogP contribution in [0.25, 0.3) is 0 Å². The minimum absolute atomic E-state index is 0.0461. The summed E-state index contributed by atoms with van der Waals surface area (Å²) in [5, 5.41) is 9.99. The van der Waals surface area contributed by atoms with Crippen LogP contribution in [0.5, 0.6) is 0 Å². The zero-order chi connectivity index (χ0) is 14.8. The first-order valence-electron chi connectivity index (χ1n) is 7.22. The maximum atomic E-state index is 12.1. The highest BCUT2D eigenvalue weighted by molar-refractivity contribution is 6.02. The Balaban J connectivity index is 1.83. The van der Waals surface area contributed by atoms with Gasteiger partial charge in [0.1, 0.15) is 0 Å². The van der Waals surface area contributed by atoms with Gasteiger partial charge in [0.15, 0.2) is 0 Å². The summed E-state index contributed by atoms with van der Waals surface area (Å²) in [7, 11) is 0. The van der Waals surface area contributed by atoms with Crippen LogP contribution in [0.2, 0.25) is 0 Å². The second-order valence-electron chi connectivity index (χ2n) is 5.92. The van der Waals surface area contributed by atoms with Crippen LogP contribution in [-0.4, -0.2) is 57.9 Å². The topological polar surface area (TPSA) is 77.9 Å². The lowest BCUT2D eigenvalue weighted by Gasteiger charge is -2.23. The highest BCUT2D eigenvalue weighted by Gasteiger charge is 2.30. The summed E-state index contributed by atoms with van der Waals surface area (Å²) in [4.78, 5) is 38.0. The highest BCUT2D eigenvalue weighted by Crippen LogP contribution is 2.22. The van der Waals surface area contributed by atoms with Gasteiger partial charge in [-0.25, -0.2) is 0 Å². The van der Waals surface area contributed by atoms with E-state index in [4.69, 9.17) is 0 Å². The van der Waals surface area contributed by atoms with E-state index in [1.165, 1.54) is 4.90 Å². The van der Waals surface area contributed by atoms with Gasteiger partial charge in [0.2, 0.25) is 17.7 Å². The number of hydrogen-bond acceptors (Lipinski definition) is 4. The predicted molar refractivity (Wildman–Crippen MR) is 71.6 cm³/mol. The first-order chi connectivity index (χ1) is 9.39. The fourth-order valence-corrected chi connectivity index (χ4v) is 2.75. The molecule has 0 aromatic rings. The molecule has 2 saturated heterocycles. The van der Waals surface area contributed by atoms with Crippen LogP contribution in [0.1, 0.15) is 45.4 Å². The van der Waals surface area contributed by atoms with Gasteiger partial charge in [-0.05, 0) is 26.2 Å². The van der Waals surface area contributed by atoms with E-state index in [9.17, 15) is 19.5 Å². The Morgan fingerprint density at radius 3 is 2.50 bits per heavy atom. The van der Waals surface area contributed by atoms with E-state index in [2.05, 4.69) is 0 Å². The molecular weight excluding hydrogens is 260 g/mol. The third-order valence-corrected chi connectivity index (χ3v) is 4.12. The molecule has 2 aliphatic rings. The van der Waals surface area contributed by atoms with Gasteiger partial charge in [-0.1, -0.05) is 0 Å². The molecule has 0 bridgehead atoms. The van der Waals surface area contributed by atoms with Crippen molar-refractivity contribution in [1.82, 2.24) is 9.80 Å². The molecule has 0 aliphatic carbocycles. The second kappa shape index (κ2) is 5.91. The van der Waals surface area contributed by atoms with Crippen molar-refractivity contribution in [3.63, 3.8) is 0 Å². The second-order valence-corrected chi connectivity index (χ2v) is 5.92. The molecule has 1 unspecified atom stereocenters. The van der Waals surface area contributed by atoms with Crippen molar-refractivity contribution in [1.29, 1.82) is 0 Å². The number of nitrogens with zero attached hydrogens (tertiary/aromatic N) is 2. The van der Waals surface area contributed by atoms with Gasteiger partial charge in [0, 0.05) is 38.9 Å². The highest BCUT2D eigenvalue weighted by atomic mass is 16.3. The Labute approximate surface area is 118 Å². The number of hydrogen-bond donors (Lipinski definition) is 1. The molecule has 2 heterocycles. The zero-order valence-corrected chi connectivity index (χ0v) is 11.9. The molecule has 6 heteroatoms. The molecule has 0 aromatic heterocycles. The van der Waals surface area contributed by atoms with E-state index < -0.39 is 5.60 Å². The molecule has 0 radical (unpaired) electrons. The van der Waals surface area contributed by atoms with E-state index in [-0.39, 0.29) is 43.5 Å². The summed E-state index contributed by atoms with van der Waals surface area (Å²) >= 11 is 0. The summed E-state index contributed by atoms with van der Waals surface area (Å²) in [5.41, 5.74) is -0.698. The average molecular weight is 282 g/mol. The molecule has 3 amide bonds. The Kier molecular flexibility index (Phi) is 4.42. The summed E-state index contributed by atoms with van der Waals surface area (Å²) in [5.74, 6) is -0.404. The van der Waals surface area contributed by atoms with Crippen molar-refractivity contribution in [3.05, 3.63) is 0 Å². The van der Waals surface area contributed by atoms with Crippen molar-refractivity contribution in [2.24, 2.45) is 0 Å². The van der Waals surface area contributed by atoms with Crippen molar-refractivity contribution in [2.75, 3.05) is 19.6 Å². The zero-order valence-electron chi connectivity index (χ0n) is 11.9. The number of imide groups is 1. The van der Waals surface area contributed by atoms with E-state index in [1.807, 2.05) is 0 Å². The summed E-state index contributed by atoms with van der Waals surface area (Å²) < 4.78 is 0. The number of rotatable bonds is 3. The monoisotopic (exact) mass is 282 g/mol. The molecule has 2 rings (SSSR count). The van der Waals surface area contributed by atoms with Gasteiger partial charge in [0.05, 0.1) is 5.60 Å². The first kappa shape index (κ1) is 15.0. The number of likely N-dealkylation sites (tertiary alicyclic amines) is 2. The quantitative estimate of drug-likeness (QED) is 0.755. The van der Waals surface area contributed by atoms with Gasteiger partial charge < -0.3 is 10.0 Å². The van der Waals surface area contributed by atoms with Crippen LogP contribution in [0.3, 0.4) is 0 Å². The van der Waals surface area contributed by atoms with Crippen molar-refractivity contribution in [3.8, 4) is 0 Å². The molecule has 0 spiro atoms. The van der Waals surface area contributed by atoms with Crippen molar-refractivity contribution in [2.45, 2.75) is 51.0 Å². The SMILES string of the molecule is CC1(O)CCCN(C(=O)CCN2C(=O)CCC2=O)CC1. The molecule has 6 nitrogen and oxygen atoms in total. The molecule has 2 aliphatic heterocycles. The fourth-order valence-electron chi connectivity index (χ4n) is 2.75. The third kappa shape index (κ3) is 3.56. The Hall–Kier alpha value is -1.43. The van der Waals surface area contributed by atoms with Crippen LogP contribution >= 0.6 is 0 Å². The lowest BCUT2D eigenvalue weighted by atomic mass is 9.98. The molecule has 0 saturated carbocycles. The smallest absolute Gasteiger partial charge is 0.229 e. The van der Waals surface area contributed by atoms with Crippen LogP contribution in [0, 0.1) is 0 Å². The predicted octanol–water partition coefficient (Wildman–Crippen LogP) is 0.289. The van der Waals surface area contributed by atoms with Crippen LogP contribution in [0.15, 0.2) is 0 Å². The Morgan fingerprint density at radius 1 is 1.20 bits per heavy atom. The summed E-state index contributed by atoms with van der Waals surface area (Å²) in [6.45, 7) is 3.15. The standard InChI is InChI=1S/C14H22N2O4/c1-14(20)6-2-8-15(10-7-14)11(17)5-9-16-12(18)3-4-13(16)19/h20H,2-10H2,1H3. The lowest BCUT2D eigenvalue weighted by Crippen LogP contribution is -2.37. The van der Waals surface area contributed by atoms with E-state index in [1.54, 1.807) is 11.8 Å². The molecular formula is C14H22N2O4. The summed E-state index contributed by atoms with van der Waals surface area (Å²) in [6.07, 6.45) is 2.75. The van der Waals surface area contributed by atoms with Crippen molar-refractivity contribution >= 4 is 17.7 Å². The Bertz CT molecular complexity index is 403. The maximum absolute atomic E-state index is 12.1. The van der Waals surface area contributed by atoms with Gasteiger partial charge in [-0.3, -0.25) is 19.3 Å². The van der Waals surface area contributed by atoms with Gasteiger partial charge in [-0.15, -0.1) is 0 Å². The van der Waals surface area contributed by atoms with Gasteiger partial charge in [0.25, 0.3) is 0 Å². The largest absolute Gasteiger partial charge is 0.390 e. The van der Waals surface area contributed by atoms with E-state index in [0.717, 1.165) is 6.42 Å². The Morgan fingerprint density at radius 2 is 1.85 bits per heavy atom. The van der Waals surface area contributed by atoms with Crippen molar-refractivity contribution < 1.29 is 19.5 Å². The van der Waals surface area contributed by atoms with Crippen LogP contribution in [-0.2, 0) is 14.4 Å². The van der Waals surface area contributed by atoms with E-state index >= 15 is 0 Å². The number of carbonyl (C=O) groups is 3. The molecule has 2 fully saturated rings. The normalized spacial score (nSPS) is 27.9. The lowest BCUT2D eigenvalue weighted by molar-refractivity contribution is -0.139. The van der Waals surface area contributed by atoms with Crippen LogP contribution in [0.4, 0.5) is 0 Å². The fraction of sp³-hybridized carbons (Fsp3) is 0.786. The minimum Gasteiger partial charge on any atom is -0.390 e. The van der Waals surface area contributed by atoms with Crippen LogP contribution < -0.4 is 0 Å². The summed E-state index contributed by atoms with van der Waals surface area (Å²) in [6, 6.07) is 0. The molecule has 20 heavy (non-hydrogen) atoms. The molecule has 1 N–H and O–H groups in total. The van der Waals surface area contributed by atoms with E-state index in [0.29, 0.717) is 25.9 Å². The number of carbonyl (C=O) groups excluding carboxylic acids is 3. The average Bonchev–Trinajstić information content (AvgIpc) is 2.59. The minimum atomic E-state index is -0.698. The third-order valence-electron chi connectivity index (χ3n) is 4.12. The van der Waals surface area contributed by atoms with Gasteiger partial charge >= 0.3 is 0 Å². The molecule has 112 valence electrons. The first-order valence-corrected chi connectivity index (χ1v) is 7.22. The molecule has 0 aromatic carbocycles. The van der Waals surface area contributed by atoms with Gasteiger partial charge in [-0.2, -0.15) is 0 Å². The molecule has 1 atom stereocenters. The number of amides is 3. The number of aliphatic hydroxyl groups is 1.